The number of rotatable bonds is 4. The van der Waals surface area contributed by atoms with Gasteiger partial charge in [-0.3, -0.25) is 0 Å². The largest absolute Gasteiger partial charge is 0.371 e. The summed E-state index contributed by atoms with van der Waals surface area (Å²) in [6.45, 7) is 3.24. The zero-order chi connectivity index (χ0) is 16.3. The molecule has 1 unspecified atom stereocenters. The van der Waals surface area contributed by atoms with Crippen molar-refractivity contribution in [2.24, 2.45) is 0 Å². The second kappa shape index (κ2) is 6.83. The van der Waals surface area contributed by atoms with E-state index < -0.39 is 10.0 Å². The first-order valence-electron chi connectivity index (χ1n) is 7.74. The molecule has 0 spiro atoms. The summed E-state index contributed by atoms with van der Waals surface area (Å²) in [5, 5.41) is 0. The first-order valence-corrected chi connectivity index (χ1v) is 9.35. The number of sulfonamides is 1. The van der Waals surface area contributed by atoms with Crippen molar-refractivity contribution in [2.75, 3.05) is 19.7 Å². The fourth-order valence-electron chi connectivity index (χ4n) is 2.74. The summed E-state index contributed by atoms with van der Waals surface area (Å²) in [7, 11) is -3.33. The molecule has 0 aliphatic carbocycles. The second-order valence-corrected chi connectivity index (χ2v) is 7.84. The SMILES string of the molecule is Cc1ccc(C2CN(S(=O)(=O)Cc3ccccc3)CCO2)cc1. The van der Waals surface area contributed by atoms with E-state index in [-0.39, 0.29) is 11.9 Å². The number of aryl methyl sites for hydroxylation is 1. The molecule has 122 valence electrons. The van der Waals surface area contributed by atoms with Crippen molar-refractivity contribution in [3.63, 3.8) is 0 Å². The molecule has 0 N–H and O–H groups in total. The fourth-order valence-corrected chi connectivity index (χ4v) is 4.25. The van der Waals surface area contributed by atoms with Gasteiger partial charge in [0.1, 0.15) is 0 Å². The van der Waals surface area contributed by atoms with Crippen LogP contribution in [-0.4, -0.2) is 32.4 Å². The maximum Gasteiger partial charge on any atom is 0.218 e. The molecule has 4 nitrogen and oxygen atoms in total. The quantitative estimate of drug-likeness (QED) is 0.865. The lowest BCUT2D eigenvalue weighted by Gasteiger charge is -2.32. The third kappa shape index (κ3) is 3.99. The van der Waals surface area contributed by atoms with Gasteiger partial charge in [0, 0.05) is 13.1 Å². The van der Waals surface area contributed by atoms with Crippen molar-refractivity contribution in [3.05, 3.63) is 71.3 Å². The van der Waals surface area contributed by atoms with Crippen molar-refractivity contribution < 1.29 is 13.2 Å². The average Bonchev–Trinajstić information content (AvgIpc) is 2.56. The lowest BCUT2D eigenvalue weighted by atomic mass is 10.1. The number of nitrogens with zero attached hydrogens (tertiary/aromatic N) is 1. The Kier molecular flexibility index (Phi) is 4.80. The van der Waals surface area contributed by atoms with Crippen molar-refractivity contribution in [2.45, 2.75) is 18.8 Å². The molecule has 1 heterocycles. The van der Waals surface area contributed by atoms with E-state index in [1.807, 2.05) is 61.5 Å². The minimum atomic E-state index is -3.33. The molecule has 0 bridgehead atoms. The highest BCUT2D eigenvalue weighted by Gasteiger charge is 2.30. The molecule has 5 heteroatoms. The summed E-state index contributed by atoms with van der Waals surface area (Å²) < 4.78 is 32.6. The summed E-state index contributed by atoms with van der Waals surface area (Å²) in [4.78, 5) is 0. The van der Waals surface area contributed by atoms with Crippen LogP contribution in [0.4, 0.5) is 0 Å². The van der Waals surface area contributed by atoms with Gasteiger partial charge in [0.05, 0.1) is 18.5 Å². The zero-order valence-corrected chi connectivity index (χ0v) is 14.0. The van der Waals surface area contributed by atoms with E-state index in [1.54, 1.807) is 4.31 Å². The van der Waals surface area contributed by atoms with Crippen LogP contribution in [0, 0.1) is 6.92 Å². The molecule has 1 saturated heterocycles. The summed E-state index contributed by atoms with van der Waals surface area (Å²) >= 11 is 0. The van der Waals surface area contributed by atoms with Crippen molar-refractivity contribution in [3.8, 4) is 0 Å². The molecule has 0 aromatic heterocycles. The maximum absolute atomic E-state index is 12.7. The number of ether oxygens (including phenoxy) is 1. The number of morpholine rings is 1. The normalized spacial score (nSPS) is 19.6. The highest BCUT2D eigenvalue weighted by atomic mass is 32.2. The van der Waals surface area contributed by atoms with Crippen LogP contribution in [0.1, 0.15) is 22.8 Å². The van der Waals surface area contributed by atoms with Gasteiger partial charge in [-0.1, -0.05) is 60.2 Å². The number of hydrogen-bond acceptors (Lipinski definition) is 3. The highest BCUT2D eigenvalue weighted by molar-refractivity contribution is 7.88. The third-order valence-corrected chi connectivity index (χ3v) is 5.88. The molecule has 23 heavy (non-hydrogen) atoms. The standard InChI is InChI=1S/C18H21NO3S/c1-15-7-9-17(10-8-15)18-13-19(11-12-22-18)23(20,21)14-16-5-3-2-4-6-16/h2-10,18H,11-14H2,1H3. The van der Waals surface area contributed by atoms with Crippen LogP contribution in [0.3, 0.4) is 0 Å². The van der Waals surface area contributed by atoms with Gasteiger partial charge in [-0.25, -0.2) is 8.42 Å². The third-order valence-electron chi connectivity index (χ3n) is 4.06. The fraction of sp³-hybridized carbons (Fsp3) is 0.333. The monoisotopic (exact) mass is 331 g/mol. The Morgan fingerprint density at radius 1 is 1.09 bits per heavy atom. The molecule has 1 fully saturated rings. The minimum Gasteiger partial charge on any atom is -0.371 e. The molecule has 0 amide bonds. The van der Waals surface area contributed by atoms with Gasteiger partial charge in [0.15, 0.2) is 0 Å². The van der Waals surface area contributed by atoms with Crippen molar-refractivity contribution >= 4 is 10.0 Å². The number of benzene rings is 2. The summed E-state index contributed by atoms with van der Waals surface area (Å²) in [6, 6.07) is 17.4. The van der Waals surface area contributed by atoms with E-state index >= 15 is 0 Å². The highest BCUT2D eigenvalue weighted by Crippen LogP contribution is 2.25. The van der Waals surface area contributed by atoms with Crippen molar-refractivity contribution in [1.29, 1.82) is 0 Å². The van der Waals surface area contributed by atoms with E-state index in [4.69, 9.17) is 4.74 Å². The molecule has 1 aliphatic heterocycles. The first kappa shape index (κ1) is 16.2. The topological polar surface area (TPSA) is 46.6 Å². The minimum absolute atomic E-state index is 0.0362. The van der Waals surface area contributed by atoms with Gasteiger partial charge in [-0.15, -0.1) is 0 Å². The predicted molar refractivity (Wildman–Crippen MR) is 90.5 cm³/mol. The van der Waals surface area contributed by atoms with Gasteiger partial charge < -0.3 is 4.74 Å². The molecular weight excluding hydrogens is 310 g/mol. The molecule has 0 saturated carbocycles. The second-order valence-electron chi connectivity index (χ2n) is 5.87. The predicted octanol–water partition coefficient (Wildman–Crippen LogP) is 2.90. The average molecular weight is 331 g/mol. The molecule has 2 aromatic rings. The van der Waals surface area contributed by atoms with Gasteiger partial charge in [0.2, 0.25) is 10.0 Å². The summed E-state index contributed by atoms with van der Waals surface area (Å²) in [5.74, 6) is 0.0362. The molecule has 1 atom stereocenters. The van der Waals surface area contributed by atoms with E-state index in [0.717, 1.165) is 11.1 Å². The molecule has 1 aliphatic rings. The van der Waals surface area contributed by atoms with E-state index in [1.165, 1.54) is 5.56 Å². The molecule has 2 aromatic carbocycles. The van der Waals surface area contributed by atoms with E-state index in [0.29, 0.717) is 19.7 Å². The molecular formula is C18H21NO3S. The molecule has 0 radical (unpaired) electrons. The van der Waals surface area contributed by atoms with Crippen LogP contribution < -0.4 is 0 Å². The Hall–Kier alpha value is -1.69. The Balaban J connectivity index is 1.73. The summed E-state index contributed by atoms with van der Waals surface area (Å²) in [6.07, 6.45) is -0.199. The number of hydrogen-bond donors (Lipinski definition) is 0. The van der Waals surface area contributed by atoms with Crippen LogP contribution in [-0.2, 0) is 20.5 Å². The summed E-state index contributed by atoms with van der Waals surface area (Å²) in [5.41, 5.74) is 3.01. The van der Waals surface area contributed by atoms with Crippen LogP contribution in [0.15, 0.2) is 54.6 Å². The van der Waals surface area contributed by atoms with Crippen LogP contribution in [0.2, 0.25) is 0 Å². The van der Waals surface area contributed by atoms with Gasteiger partial charge in [0.25, 0.3) is 0 Å². The molecule has 3 rings (SSSR count). The van der Waals surface area contributed by atoms with Gasteiger partial charge in [-0.2, -0.15) is 4.31 Å². The van der Waals surface area contributed by atoms with E-state index in [9.17, 15) is 8.42 Å². The smallest absolute Gasteiger partial charge is 0.218 e. The lowest BCUT2D eigenvalue weighted by Crippen LogP contribution is -2.42. The maximum atomic E-state index is 12.7. The van der Waals surface area contributed by atoms with E-state index in [2.05, 4.69) is 0 Å². The first-order chi connectivity index (χ1) is 11.0. The zero-order valence-electron chi connectivity index (χ0n) is 13.2. The van der Waals surface area contributed by atoms with Crippen LogP contribution >= 0.6 is 0 Å². The Morgan fingerprint density at radius 2 is 1.78 bits per heavy atom. The Bertz CT molecular complexity index is 742. The Labute approximate surface area is 137 Å². The lowest BCUT2D eigenvalue weighted by molar-refractivity contribution is -0.00260. The van der Waals surface area contributed by atoms with Gasteiger partial charge in [-0.05, 0) is 18.1 Å². The van der Waals surface area contributed by atoms with Gasteiger partial charge >= 0.3 is 0 Å². The van der Waals surface area contributed by atoms with Crippen molar-refractivity contribution in [1.82, 2.24) is 4.31 Å². The van der Waals surface area contributed by atoms with Crippen LogP contribution in [0.5, 0.6) is 0 Å². The Morgan fingerprint density at radius 3 is 2.48 bits per heavy atom. The van der Waals surface area contributed by atoms with Crippen LogP contribution in [0.25, 0.3) is 0 Å².